The zero-order valence-electron chi connectivity index (χ0n) is 87.3. The van der Waals surface area contributed by atoms with E-state index >= 15 is 0 Å². The monoisotopic (exact) mass is 2070 g/mol. The van der Waals surface area contributed by atoms with Crippen LogP contribution in [0.15, 0.2) is 221 Å². The smallest absolute Gasteiger partial charge is 0.221 e. The third-order valence-corrected chi connectivity index (χ3v) is 22.7. The highest BCUT2D eigenvalue weighted by Crippen LogP contribution is 2.42. The molecule has 0 saturated heterocycles. The molecular weight excluding hydrogens is 1940 g/mol. The molecule has 0 N–H and O–H groups in total. The van der Waals surface area contributed by atoms with Crippen molar-refractivity contribution in [3.8, 4) is 98.7 Å². The Hall–Kier alpha value is -13.1. The van der Waals surface area contributed by atoms with Crippen LogP contribution < -0.4 is 80.5 Å². The first-order chi connectivity index (χ1) is 68.6. The zero-order valence-corrected chi connectivity index (χ0v) is 91.3. The first-order valence-electron chi connectivity index (χ1n) is 47.8. The average molecular weight is 2070 g/mol. The summed E-state index contributed by atoms with van der Waals surface area (Å²) >= 11 is 11.4. The topological polar surface area (TPSA) is 277 Å². The predicted molar refractivity (Wildman–Crippen MR) is 584 cm³/mol. The standard InChI is InChI=1S/C15H18BrNO3.C15H19NO3S.C15H19NO3.C15H19NO2S.C14H16ClNO2.C14H17NO2.C13H15NO2.C12H13NO/c1-5-19-13-8-12(20-9(2)3)10-6-7-11(18-4)14(16)15(10)17-13;1-5-18-14-9-12(19-10(2)3)11-7-6-8-13(20(4)17)15(11)16-14;1-5-18-14-9-13(19-10(2)3)11-7-6-8-12(17-4)15(11)16-14;1-5-17-14-9-12(18-10(2)3)11-7-6-8-13(19-4)15(11)16-14;1-4-17-13-8-12(18-9(2)3)10-6-5-7-11(15)14(10)16-13;1-9(2)17-13-7-8-15-14-10(3)12(16-4)6-5-11(13)14;1-9(2)16-13-12-5-4-11(15-3)8-10(12)6-7-14-13;1-9(2)14-12-11-6-4-3-5-10(11)7-8-13-12/h6-9H,5H2,1-4H3;6-10H,5H2,1-4H3;2*6-10H,5H2,1-4H3;5-9H,4H2,1-3H3;5-9H,1-4H3;4-9H,1-3H3;3-9H,1-2H3. The van der Waals surface area contributed by atoms with Gasteiger partial charge in [-0.3, -0.25) is 9.19 Å². The Kier molecular flexibility index (Phi) is 45.0. The number of para-hydroxylation sites is 4. The number of thioether (sulfide) groups is 1. The van der Waals surface area contributed by atoms with E-state index in [4.69, 9.17) is 92.1 Å². The van der Waals surface area contributed by atoms with Crippen molar-refractivity contribution in [2.24, 2.45) is 0 Å². The molecule has 30 heteroatoms. The number of halogens is 2. The van der Waals surface area contributed by atoms with E-state index in [0.29, 0.717) is 101 Å². The van der Waals surface area contributed by atoms with Crippen molar-refractivity contribution in [3.63, 3.8) is 0 Å². The van der Waals surface area contributed by atoms with E-state index in [1.807, 2.05) is 328 Å². The first-order valence-corrected chi connectivity index (χ1v) is 51.7. The molecule has 0 saturated carbocycles. The number of aryl methyl sites for hydroxylation is 1. The highest BCUT2D eigenvalue weighted by Gasteiger charge is 2.21. The molecule has 8 aromatic heterocycles. The number of methoxy groups -OCH3 is 4. The Labute approximate surface area is 861 Å². The van der Waals surface area contributed by atoms with Crippen LogP contribution in [-0.4, -0.2) is 167 Å². The van der Waals surface area contributed by atoms with Crippen molar-refractivity contribution >= 4 is 137 Å². The molecular formula is C113H136BrClN8O18S2. The van der Waals surface area contributed by atoms with E-state index in [1.165, 1.54) is 0 Å². The van der Waals surface area contributed by atoms with Gasteiger partial charge in [-0.25, -0.2) is 34.9 Å². The third kappa shape index (κ3) is 32.7. The molecule has 0 aliphatic carbocycles. The second-order valence-electron chi connectivity index (χ2n) is 33.9. The lowest BCUT2D eigenvalue weighted by Crippen LogP contribution is -2.07. The lowest BCUT2D eigenvalue weighted by atomic mass is 10.1. The van der Waals surface area contributed by atoms with Gasteiger partial charge in [0, 0.05) is 109 Å². The maximum Gasteiger partial charge on any atom is 0.221 e. The van der Waals surface area contributed by atoms with Crippen molar-refractivity contribution in [2.45, 2.75) is 211 Å². The number of fused-ring (bicyclic) bond motifs is 8. The van der Waals surface area contributed by atoms with E-state index < -0.39 is 10.8 Å². The van der Waals surface area contributed by atoms with Gasteiger partial charge in [0.05, 0.1) is 163 Å². The van der Waals surface area contributed by atoms with Gasteiger partial charge in [0.15, 0.2) is 0 Å². The van der Waals surface area contributed by atoms with Crippen LogP contribution in [0, 0.1) is 6.92 Å². The number of nitrogens with zero attached hydrogens (tertiary/aromatic N) is 8. The largest absolute Gasteiger partial charge is 0.497 e. The molecule has 0 bridgehead atoms. The summed E-state index contributed by atoms with van der Waals surface area (Å²) in [5.74, 6) is 12.0. The van der Waals surface area contributed by atoms with E-state index in [9.17, 15) is 4.21 Å². The zero-order chi connectivity index (χ0) is 104. The Morgan fingerprint density at radius 1 is 0.322 bits per heavy atom. The summed E-state index contributed by atoms with van der Waals surface area (Å²) < 4.78 is 107. The van der Waals surface area contributed by atoms with Gasteiger partial charge in [0.25, 0.3) is 0 Å². The Morgan fingerprint density at radius 3 is 1.13 bits per heavy atom. The van der Waals surface area contributed by atoms with Gasteiger partial charge in [-0.1, -0.05) is 54.1 Å². The summed E-state index contributed by atoms with van der Waals surface area (Å²) in [6.45, 7) is 46.4. The number of hydrogen-bond acceptors (Lipinski definition) is 27. The van der Waals surface area contributed by atoms with Crippen molar-refractivity contribution in [1.82, 2.24) is 39.9 Å². The number of hydrogen-bond donors (Lipinski definition) is 0. The lowest BCUT2D eigenvalue weighted by molar-refractivity contribution is 0.235. The summed E-state index contributed by atoms with van der Waals surface area (Å²) in [6.07, 6.45) is 9.86. The third-order valence-electron chi connectivity index (χ3n) is 19.9. The van der Waals surface area contributed by atoms with Gasteiger partial charge in [-0.2, -0.15) is 0 Å². The molecule has 0 radical (unpaired) electrons. The van der Waals surface area contributed by atoms with E-state index in [1.54, 1.807) is 71.1 Å². The van der Waals surface area contributed by atoms with Gasteiger partial charge in [0.2, 0.25) is 41.2 Å². The van der Waals surface area contributed by atoms with Crippen molar-refractivity contribution in [2.75, 3.05) is 74.0 Å². The summed E-state index contributed by atoms with van der Waals surface area (Å²) in [7, 11) is 5.48. The van der Waals surface area contributed by atoms with Crippen LogP contribution in [0.1, 0.15) is 151 Å². The fourth-order valence-electron chi connectivity index (χ4n) is 14.3. The van der Waals surface area contributed by atoms with Crippen molar-refractivity contribution < 1.29 is 84.7 Å². The molecule has 1 atom stereocenters. The van der Waals surface area contributed by atoms with Gasteiger partial charge < -0.3 is 80.5 Å². The summed E-state index contributed by atoms with van der Waals surface area (Å²) in [5, 5.41) is 10.6. The normalized spacial score (nSPS) is 11.1. The SMILES string of the molecule is CC(C)Oc1nccc2ccccc12.CCOc1cc(OC(C)C)c2ccc(OC)c(Br)c2n1.CCOc1cc(OC(C)C)c2cccc(Cl)c2n1.CCOc1cc(OC(C)C)c2cccc(OC)c2n1.CCOc1cc(OC(C)C)c2cccc(S(C)=O)c2n1.CCOc1cc(OC(C)C)c2cccc(SC)c2n1.COc1ccc2c(OC(C)C)ccnc2c1C.COc1ccc2c(OC(C)C)nccc2c1. The molecule has 0 fully saturated rings. The molecule has 8 heterocycles. The van der Waals surface area contributed by atoms with Gasteiger partial charge in [-0.15, -0.1) is 11.8 Å². The van der Waals surface area contributed by atoms with Crippen LogP contribution in [0.3, 0.4) is 0 Å². The Balaban J connectivity index is 0.000000183. The first kappa shape index (κ1) is 114. The fourth-order valence-corrected chi connectivity index (χ4v) is 16.4. The minimum absolute atomic E-state index is 0.0471. The molecule has 0 aliphatic heterocycles. The predicted octanol–water partition coefficient (Wildman–Crippen LogP) is 28.4. The molecule has 16 aromatic rings. The fraction of sp³-hybridized carbons (Fsp3) is 0.363. The van der Waals surface area contributed by atoms with Crippen LogP contribution >= 0.6 is 39.3 Å². The van der Waals surface area contributed by atoms with Crippen LogP contribution in [-0.2, 0) is 10.8 Å². The molecule has 143 heavy (non-hydrogen) atoms. The van der Waals surface area contributed by atoms with Gasteiger partial charge in [0.1, 0.15) is 63.0 Å². The molecule has 0 spiro atoms. The molecule has 762 valence electrons. The number of rotatable bonds is 32. The van der Waals surface area contributed by atoms with Crippen LogP contribution in [0.4, 0.5) is 0 Å². The van der Waals surface area contributed by atoms with Crippen LogP contribution in [0.25, 0.3) is 87.0 Å². The van der Waals surface area contributed by atoms with Crippen molar-refractivity contribution in [3.05, 3.63) is 222 Å². The summed E-state index contributed by atoms with van der Waals surface area (Å²) in [6, 6.07) is 59.9. The second-order valence-corrected chi connectivity index (χ2v) is 37.3. The second kappa shape index (κ2) is 56.7. The minimum Gasteiger partial charge on any atom is -0.497 e. The maximum atomic E-state index is 11.9. The summed E-state index contributed by atoms with van der Waals surface area (Å²) in [5.41, 5.74) is 5.83. The lowest BCUT2D eigenvalue weighted by Gasteiger charge is -2.15. The quantitative estimate of drug-likeness (QED) is 0.0354. The number of ether oxygens (including phenoxy) is 17. The Bertz CT molecular complexity index is 6730. The minimum atomic E-state index is -1.11. The molecule has 0 amide bonds. The Morgan fingerprint density at radius 2 is 0.678 bits per heavy atom. The highest BCUT2D eigenvalue weighted by atomic mass is 79.9. The molecule has 0 aliphatic rings. The molecule has 8 aromatic carbocycles. The maximum absolute atomic E-state index is 11.9. The highest BCUT2D eigenvalue weighted by molar-refractivity contribution is 9.10. The van der Waals surface area contributed by atoms with E-state index in [2.05, 4.69) is 67.9 Å². The van der Waals surface area contributed by atoms with Crippen LogP contribution in [0.2, 0.25) is 5.02 Å². The van der Waals surface area contributed by atoms with Crippen molar-refractivity contribution in [1.29, 1.82) is 0 Å². The average Bonchev–Trinajstić information content (AvgIpc) is 0.781. The summed E-state index contributed by atoms with van der Waals surface area (Å²) in [4.78, 5) is 37.1. The number of pyridine rings is 8. The van der Waals surface area contributed by atoms with Gasteiger partial charge in [-0.05, 0) is 301 Å². The molecule has 26 nitrogen and oxygen atoms in total. The number of benzene rings is 8. The molecule has 1 unspecified atom stereocenters. The van der Waals surface area contributed by atoms with E-state index in [0.717, 1.165) is 143 Å². The van der Waals surface area contributed by atoms with Crippen LogP contribution in [0.5, 0.6) is 98.7 Å². The molecule has 16 rings (SSSR count). The number of aromatic nitrogens is 8. The van der Waals surface area contributed by atoms with E-state index in [-0.39, 0.29) is 48.8 Å². The van der Waals surface area contributed by atoms with Gasteiger partial charge >= 0.3 is 0 Å².